The van der Waals surface area contributed by atoms with Gasteiger partial charge in [0.15, 0.2) is 0 Å². The van der Waals surface area contributed by atoms with Gasteiger partial charge in [0, 0.05) is 25.6 Å². The number of thiophene rings is 1. The second-order valence-corrected chi connectivity index (χ2v) is 5.72. The van der Waals surface area contributed by atoms with E-state index < -0.39 is 0 Å². The van der Waals surface area contributed by atoms with Crippen LogP contribution in [-0.4, -0.2) is 17.0 Å². The number of aromatic nitrogens is 2. The minimum atomic E-state index is 0.275. The Hall–Kier alpha value is -1.13. The summed E-state index contributed by atoms with van der Waals surface area (Å²) in [6, 6.07) is 3.92. The third kappa shape index (κ3) is 3.21. The topological polar surface area (TPSA) is 29.0 Å². The summed E-state index contributed by atoms with van der Waals surface area (Å²) in [6.07, 6.45) is 0. The summed E-state index contributed by atoms with van der Waals surface area (Å²) >= 11 is 7.75. The van der Waals surface area contributed by atoms with Crippen LogP contribution >= 0.6 is 22.9 Å². The van der Waals surface area contributed by atoms with Crippen molar-refractivity contribution in [3.63, 3.8) is 0 Å². The van der Waals surface area contributed by atoms with Gasteiger partial charge in [-0.25, -0.2) is 9.97 Å². The van der Waals surface area contributed by atoms with Gasteiger partial charge < -0.3 is 4.90 Å². The van der Waals surface area contributed by atoms with E-state index in [9.17, 15) is 0 Å². The molecule has 2 heterocycles. The molecule has 0 atom stereocenters. The maximum atomic E-state index is 6.04. The monoisotopic (exact) mass is 281 g/mol. The van der Waals surface area contributed by atoms with Gasteiger partial charge in [0.25, 0.3) is 0 Å². The summed E-state index contributed by atoms with van der Waals surface area (Å²) in [4.78, 5) is 10.9. The van der Waals surface area contributed by atoms with Gasteiger partial charge in [0.05, 0.1) is 0 Å². The Balaban J connectivity index is 2.21. The van der Waals surface area contributed by atoms with E-state index in [1.54, 1.807) is 17.4 Å². The van der Waals surface area contributed by atoms with Crippen molar-refractivity contribution in [2.75, 3.05) is 11.9 Å². The van der Waals surface area contributed by atoms with E-state index in [1.807, 2.05) is 7.05 Å². The van der Waals surface area contributed by atoms with Crippen LogP contribution in [0.25, 0.3) is 0 Å². The van der Waals surface area contributed by atoms with Crippen LogP contribution in [0.1, 0.15) is 31.2 Å². The second kappa shape index (κ2) is 5.67. The fraction of sp³-hybridized carbons (Fsp3) is 0.385. The maximum Gasteiger partial charge on any atom is 0.135 e. The third-order valence-electron chi connectivity index (χ3n) is 2.61. The molecule has 2 aromatic heterocycles. The molecule has 0 unspecified atom stereocenters. The molecule has 0 bridgehead atoms. The van der Waals surface area contributed by atoms with Crippen molar-refractivity contribution < 1.29 is 0 Å². The zero-order chi connectivity index (χ0) is 13.1. The van der Waals surface area contributed by atoms with Crippen molar-refractivity contribution in [1.82, 2.24) is 9.97 Å². The molecule has 0 aliphatic heterocycles. The van der Waals surface area contributed by atoms with Gasteiger partial charge >= 0.3 is 0 Å². The molecular weight excluding hydrogens is 266 g/mol. The maximum absolute atomic E-state index is 6.04. The average Bonchev–Trinajstić information content (AvgIpc) is 2.80. The number of hydrogen-bond acceptors (Lipinski definition) is 4. The Bertz CT molecular complexity index is 511. The molecule has 96 valence electrons. The predicted octanol–water partition coefficient (Wildman–Crippen LogP) is 3.95. The molecule has 0 N–H and O–H groups in total. The second-order valence-electron chi connectivity index (χ2n) is 4.55. The highest BCUT2D eigenvalue weighted by atomic mass is 35.5. The van der Waals surface area contributed by atoms with Crippen LogP contribution in [0.4, 0.5) is 5.82 Å². The van der Waals surface area contributed by atoms with Gasteiger partial charge in [-0.3, -0.25) is 0 Å². The highest BCUT2D eigenvalue weighted by Crippen LogP contribution is 2.21. The Labute approximate surface area is 116 Å². The molecule has 0 spiro atoms. The molecule has 0 aliphatic rings. The predicted molar refractivity (Wildman–Crippen MR) is 77.6 cm³/mol. The Morgan fingerprint density at radius 1 is 1.39 bits per heavy atom. The minimum Gasteiger partial charge on any atom is -0.355 e. The number of anilines is 1. The lowest BCUT2D eigenvalue weighted by molar-refractivity contribution is 0.762. The van der Waals surface area contributed by atoms with Crippen LogP contribution < -0.4 is 4.90 Å². The van der Waals surface area contributed by atoms with Gasteiger partial charge in [-0.1, -0.05) is 25.4 Å². The zero-order valence-corrected chi connectivity index (χ0v) is 12.3. The lowest BCUT2D eigenvalue weighted by Gasteiger charge is -2.18. The van der Waals surface area contributed by atoms with Gasteiger partial charge in [0.2, 0.25) is 0 Å². The smallest absolute Gasteiger partial charge is 0.135 e. The minimum absolute atomic E-state index is 0.275. The quantitative estimate of drug-likeness (QED) is 0.795. The normalized spacial score (nSPS) is 10.9. The summed E-state index contributed by atoms with van der Waals surface area (Å²) in [7, 11) is 2.01. The van der Waals surface area contributed by atoms with Crippen LogP contribution in [-0.2, 0) is 6.54 Å². The molecule has 0 aliphatic carbocycles. The molecule has 5 heteroatoms. The summed E-state index contributed by atoms with van der Waals surface area (Å²) in [5.41, 5.74) is 1.28. The molecule has 0 saturated heterocycles. The summed E-state index contributed by atoms with van der Waals surface area (Å²) in [5, 5.41) is 4.72. The first-order valence-electron chi connectivity index (χ1n) is 5.83. The molecule has 18 heavy (non-hydrogen) atoms. The van der Waals surface area contributed by atoms with Crippen LogP contribution in [0, 0.1) is 0 Å². The molecule has 0 fully saturated rings. The molecule has 0 aromatic carbocycles. The van der Waals surface area contributed by atoms with E-state index in [0.717, 1.165) is 18.2 Å². The van der Waals surface area contributed by atoms with Crippen molar-refractivity contribution in [2.45, 2.75) is 26.3 Å². The zero-order valence-electron chi connectivity index (χ0n) is 10.7. The number of hydrogen-bond donors (Lipinski definition) is 0. The first kappa shape index (κ1) is 13.3. The molecule has 0 radical (unpaired) electrons. The van der Waals surface area contributed by atoms with Crippen molar-refractivity contribution in [2.24, 2.45) is 0 Å². The highest BCUT2D eigenvalue weighted by molar-refractivity contribution is 7.07. The van der Waals surface area contributed by atoms with Crippen LogP contribution in [0.2, 0.25) is 5.15 Å². The van der Waals surface area contributed by atoms with Crippen molar-refractivity contribution in [1.29, 1.82) is 0 Å². The summed E-state index contributed by atoms with van der Waals surface area (Å²) in [5.74, 6) is 1.93. The molecule has 0 amide bonds. The molecule has 2 rings (SSSR count). The summed E-state index contributed by atoms with van der Waals surface area (Å²) < 4.78 is 0. The molecule has 2 aromatic rings. The Morgan fingerprint density at radius 2 is 2.17 bits per heavy atom. The van der Waals surface area contributed by atoms with E-state index in [4.69, 9.17) is 11.6 Å². The van der Waals surface area contributed by atoms with Gasteiger partial charge in [-0.2, -0.15) is 11.3 Å². The van der Waals surface area contributed by atoms with E-state index >= 15 is 0 Å². The van der Waals surface area contributed by atoms with Crippen LogP contribution in [0.15, 0.2) is 22.9 Å². The van der Waals surface area contributed by atoms with Gasteiger partial charge in [0.1, 0.15) is 16.8 Å². The average molecular weight is 282 g/mol. The van der Waals surface area contributed by atoms with E-state index in [2.05, 4.69) is 45.5 Å². The fourth-order valence-electron chi connectivity index (χ4n) is 1.61. The standard InChI is InChI=1S/C13H16ClN3S/c1-9(2)13-15-11(14)6-12(16-13)17(3)7-10-4-5-18-8-10/h4-6,8-9H,7H2,1-3H3. The van der Waals surface area contributed by atoms with Crippen LogP contribution in [0.3, 0.4) is 0 Å². The van der Waals surface area contributed by atoms with Crippen molar-refractivity contribution >= 4 is 28.8 Å². The Morgan fingerprint density at radius 3 is 2.78 bits per heavy atom. The molecule has 0 saturated carbocycles. The number of rotatable bonds is 4. The fourth-order valence-corrected chi connectivity index (χ4v) is 2.46. The SMILES string of the molecule is CC(C)c1nc(Cl)cc(N(C)Cc2ccsc2)n1. The summed E-state index contributed by atoms with van der Waals surface area (Å²) in [6.45, 7) is 4.96. The van der Waals surface area contributed by atoms with E-state index in [0.29, 0.717) is 5.15 Å². The van der Waals surface area contributed by atoms with Crippen molar-refractivity contribution in [3.05, 3.63) is 39.4 Å². The third-order valence-corrected chi connectivity index (χ3v) is 3.53. The number of nitrogens with zero attached hydrogens (tertiary/aromatic N) is 3. The first-order valence-corrected chi connectivity index (χ1v) is 7.15. The van der Waals surface area contributed by atoms with Gasteiger partial charge in [-0.05, 0) is 22.4 Å². The first-order chi connectivity index (χ1) is 8.56. The van der Waals surface area contributed by atoms with Gasteiger partial charge in [-0.15, -0.1) is 0 Å². The van der Waals surface area contributed by atoms with Crippen molar-refractivity contribution in [3.8, 4) is 0 Å². The van der Waals surface area contributed by atoms with E-state index in [-0.39, 0.29) is 5.92 Å². The Kier molecular flexibility index (Phi) is 4.19. The lowest BCUT2D eigenvalue weighted by atomic mass is 10.2. The number of halogens is 1. The molecule has 3 nitrogen and oxygen atoms in total. The van der Waals surface area contributed by atoms with Crippen LogP contribution in [0.5, 0.6) is 0 Å². The largest absolute Gasteiger partial charge is 0.355 e. The molecular formula is C13H16ClN3S. The highest BCUT2D eigenvalue weighted by Gasteiger charge is 2.10. The lowest BCUT2D eigenvalue weighted by Crippen LogP contribution is -2.18. The van der Waals surface area contributed by atoms with E-state index in [1.165, 1.54) is 5.56 Å².